The van der Waals surface area contributed by atoms with Gasteiger partial charge >= 0.3 is 5.97 Å². The zero-order valence-electron chi connectivity index (χ0n) is 13.1. The SMILES string of the molecule is C=Cc1ccc(OC(=O)C(C)Oc2ccc(C)c(C)c2)cc1. The van der Waals surface area contributed by atoms with Crippen LogP contribution in [0.5, 0.6) is 11.5 Å². The normalized spacial score (nSPS) is 11.6. The molecular formula is C19H20O3. The first-order valence-corrected chi connectivity index (χ1v) is 7.17. The number of hydrogen-bond donors (Lipinski definition) is 0. The van der Waals surface area contributed by atoms with Gasteiger partial charge in [0.25, 0.3) is 0 Å². The molecule has 1 atom stereocenters. The Labute approximate surface area is 131 Å². The molecule has 0 amide bonds. The Morgan fingerprint density at radius 3 is 2.27 bits per heavy atom. The molecule has 3 heteroatoms. The zero-order valence-corrected chi connectivity index (χ0v) is 13.1. The van der Waals surface area contributed by atoms with Gasteiger partial charge in [-0.2, -0.15) is 0 Å². The molecule has 3 nitrogen and oxygen atoms in total. The third-order valence-electron chi connectivity index (χ3n) is 3.46. The van der Waals surface area contributed by atoms with Crippen molar-refractivity contribution in [1.82, 2.24) is 0 Å². The first kappa shape index (κ1) is 15.8. The highest BCUT2D eigenvalue weighted by molar-refractivity contribution is 5.77. The molecule has 114 valence electrons. The van der Waals surface area contributed by atoms with Gasteiger partial charge in [0.05, 0.1) is 0 Å². The quantitative estimate of drug-likeness (QED) is 0.609. The maximum atomic E-state index is 12.1. The van der Waals surface area contributed by atoms with E-state index in [9.17, 15) is 4.79 Å². The number of aryl methyl sites for hydroxylation is 2. The van der Waals surface area contributed by atoms with Gasteiger partial charge in [-0.25, -0.2) is 4.79 Å². The predicted molar refractivity (Wildman–Crippen MR) is 88.2 cm³/mol. The van der Waals surface area contributed by atoms with Crippen molar-refractivity contribution in [2.45, 2.75) is 26.9 Å². The number of ether oxygens (including phenoxy) is 2. The average Bonchev–Trinajstić information content (AvgIpc) is 2.51. The van der Waals surface area contributed by atoms with Crippen LogP contribution in [0.25, 0.3) is 6.08 Å². The fourth-order valence-electron chi connectivity index (χ4n) is 1.91. The minimum atomic E-state index is -0.679. The summed E-state index contributed by atoms with van der Waals surface area (Å²) in [4.78, 5) is 12.1. The Morgan fingerprint density at radius 2 is 1.68 bits per heavy atom. The first-order chi connectivity index (χ1) is 10.5. The summed E-state index contributed by atoms with van der Waals surface area (Å²) < 4.78 is 10.9. The second kappa shape index (κ2) is 6.94. The zero-order chi connectivity index (χ0) is 16.1. The second-order valence-corrected chi connectivity index (χ2v) is 5.20. The van der Waals surface area contributed by atoms with Crippen molar-refractivity contribution >= 4 is 12.0 Å². The van der Waals surface area contributed by atoms with Crippen LogP contribution in [0, 0.1) is 13.8 Å². The van der Waals surface area contributed by atoms with E-state index >= 15 is 0 Å². The molecule has 0 heterocycles. The molecule has 0 N–H and O–H groups in total. The lowest BCUT2D eigenvalue weighted by Gasteiger charge is -2.14. The van der Waals surface area contributed by atoms with Gasteiger partial charge in [-0.1, -0.05) is 30.9 Å². The summed E-state index contributed by atoms with van der Waals surface area (Å²) in [6, 6.07) is 12.9. The van der Waals surface area contributed by atoms with Crippen LogP contribution >= 0.6 is 0 Å². The van der Waals surface area contributed by atoms with Crippen LogP contribution in [-0.2, 0) is 4.79 Å². The summed E-state index contributed by atoms with van der Waals surface area (Å²) in [6.07, 6.45) is 1.05. The van der Waals surface area contributed by atoms with E-state index < -0.39 is 12.1 Å². The fraction of sp³-hybridized carbons (Fsp3) is 0.211. The lowest BCUT2D eigenvalue weighted by molar-refractivity contribution is -0.141. The molecule has 2 aromatic carbocycles. The van der Waals surface area contributed by atoms with Crippen LogP contribution in [0.1, 0.15) is 23.6 Å². The van der Waals surface area contributed by atoms with E-state index in [1.165, 1.54) is 5.56 Å². The van der Waals surface area contributed by atoms with Gasteiger partial charge in [-0.3, -0.25) is 0 Å². The second-order valence-electron chi connectivity index (χ2n) is 5.20. The van der Waals surface area contributed by atoms with E-state index in [1.54, 1.807) is 25.1 Å². The van der Waals surface area contributed by atoms with Gasteiger partial charge in [0, 0.05) is 0 Å². The van der Waals surface area contributed by atoms with Crippen molar-refractivity contribution in [3.63, 3.8) is 0 Å². The van der Waals surface area contributed by atoms with E-state index in [-0.39, 0.29) is 0 Å². The van der Waals surface area contributed by atoms with Crippen LogP contribution < -0.4 is 9.47 Å². The first-order valence-electron chi connectivity index (χ1n) is 7.17. The average molecular weight is 296 g/mol. The standard InChI is InChI=1S/C19H20O3/c1-5-16-7-10-17(11-8-16)22-19(20)15(4)21-18-9-6-13(2)14(3)12-18/h5-12,15H,1H2,2-4H3. The summed E-state index contributed by atoms with van der Waals surface area (Å²) in [6.45, 7) is 9.40. The lowest BCUT2D eigenvalue weighted by Crippen LogP contribution is -2.28. The number of carbonyl (C=O) groups is 1. The Kier molecular flexibility index (Phi) is 4.99. The van der Waals surface area contributed by atoms with Crippen molar-refractivity contribution in [2.75, 3.05) is 0 Å². The van der Waals surface area contributed by atoms with Crippen LogP contribution in [0.4, 0.5) is 0 Å². The Hall–Kier alpha value is -2.55. The third kappa shape index (κ3) is 3.98. The highest BCUT2D eigenvalue weighted by atomic mass is 16.6. The minimum absolute atomic E-state index is 0.426. The van der Waals surface area contributed by atoms with Crippen molar-refractivity contribution < 1.29 is 14.3 Å². The number of rotatable bonds is 5. The van der Waals surface area contributed by atoms with Gasteiger partial charge < -0.3 is 9.47 Å². The van der Waals surface area contributed by atoms with Gasteiger partial charge in [0.2, 0.25) is 0 Å². The Bertz CT molecular complexity index is 672. The number of carbonyl (C=O) groups excluding carboxylic acids is 1. The smallest absolute Gasteiger partial charge is 0.352 e. The van der Waals surface area contributed by atoms with Gasteiger partial charge in [0.1, 0.15) is 11.5 Å². The molecular weight excluding hydrogens is 276 g/mol. The topological polar surface area (TPSA) is 35.5 Å². The molecule has 0 bridgehead atoms. The molecule has 0 radical (unpaired) electrons. The van der Waals surface area contributed by atoms with Crippen LogP contribution in [0.15, 0.2) is 49.0 Å². The summed E-state index contributed by atoms with van der Waals surface area (Å²) in [5, 5.41) is 0. The van der Waals surface area contributed by atoms with Gasteiger partial charge in [-0.15, -0.1) is 0 Å². The molecule has 0 fully saturated rings. The van der Waals surface area contributed by atoms with E-state index in [0.717, 1.165) is 11.1 Å². The van der Waals surface area contributed by atoms with Crippen molar-refractivity contribution in [2.24, 2.45) is 0 Å². The van der Waals surface area contributed by atoms with Crippen LogP contribution in [-0.4, -0.2) is 12.1 Å². The Balaban J connectivity index is 1.98. The highest BCUT2D eigenvalue weighted by Crippen LogP contribution is 2.19. The fourth-order valence-corrected chi connectivity index (χ4v) is 1.91. The van der Waals surface area contributed by atoms with Crippen LogP contribution in [0.3, 0.4) is 0 Å². The summed E-state index contributed by atoms with van der Waals surface area (Å²) in [7, 11) is 0. The van der Waals surface area contributed by atoms with E-state index in [0.29, 0.717) is 11.5 Å². The monoisotopic (exact) mass is 296 g/mol. The van der Waals surface area contributed by atoms with Crippen LogP contribution in [0.2, 0.25) is 0 Å². The van der Waals surface area contributed by atoms with Gasteiger partial charge in [0.15, 0.2) is 6.10 Å². The van der Waals surface area contributed by atoms with Crippen molar-refractivity contribution in [3.8, 4) is 11.5 Å². The molecule has 0 spiro atoms. The summed E-state index contributed by atoms with van der Waals surface area (Å²) in [5.74, 6) is 0.727. The lowest BCUT2D eigenvalue weighted by atomic mass is 10.1. The molecule has 2 rings (SSSR count). The summed E-state index contributed by atoms with van der Waals surface area (Å²) in [5.41, 5.74) is 3.28. The van der Waals surface area contributed by atoms with E-state index in [1.807, 2.05) is 44.2 Å². The van der Waals surface area contributed by atoms with Crippen molar-refractivity contribution in [1.29, 1.82) is 0 Å². The molecule has 0 aliphatic rings. The minimum Gasteiger partial charge on any atom is -0.479 e. The molecule has 2 aromatic rings. The van der Waals surface area contributed by atoms with Gasteiger partial charge in [-0.05, 0) is 61.7 Å². The maximum absolute atomic E-state index is 12.1. The number of benzene rings is 2. The Morgan fingerprint density at radius 1 is 1.05 bits per heavy atom. The molecule has 0 saturated heterocycles. The third-order valence-corrected chi connectivity index (χ3v) is 3.46. The maximum Gasteiger partial charge on any atom is 0.352 e. The largest absolute Gasteiger partial charge is 0.479 e. The van der Waals surface area contributed by atoms with E-state index in [4.69, 9.17) is 9.47 Å². The van der Waals surface area contributed by atoms with E-state index in [2.05, 4.69) is 6.58 Å². The summed E-state index contributed by atoms with van der Waals surface area (Å²) >= 11 is 0. The molecule has 1 unspecified atom stereocenters. The number of esters is 1. The molecule has 22 heavy (non-hydrogen) atoms. The predicted octanol–water partition coefficient (Wildman–Crippen LogP) is 4.32. The molecule has 0 aliphatic carbocycles. The molecule has 0 saturated carbocycles. The number of hydrogen-bond acceptors (Lipinski definition) is 3. The highest BCUT2D eigenvalue weighted by Gasteiger charge is 2.17. The molecule has 0 aliphatic heterocycles. The molecule has 0 aromatic heterocycles. The van der Waals surface area contributed by atoms with Crippen molar-refractivity contribution in [3.05, 3.63) is 65.7 Å².